The monoisotopic (exact) mass is 380 g/mol. The molecule has 0 unspecified atom stereocenters. The molecule has 1 N–H and O–H groups in total. The van der Waals surface area contributed by atoms with Gasteiger partial charge in [0.25, 0.3) is 5.88 Å². The minimum Gasteiger partial charge on any atom is -0.494 e. The maximum atomic E-state index is 13.5. The number of aromatic nitrogens is 4. The van der Waals surface area contributed by atoms with Crippen LogP contribution < -0.4 is 9.47 Å². The molecule has 0 aliphatic heterocycles. The van der Waals surface area contributed by atoms with Gasteiger partial charge in [-0.1, -0.05) is 0 Å². The molecule has 0 bridgehead atoms. The molecule has 0 saturated carbocycles. The predicted molar refractivity (Wildman–Crippen MR) is 102 cm³/mol. The highest BCUT2D eigenvalue weighted by molar-refractivity contribution is 5.90. The Bertz CT molecular complexity index is 1190. The van der Waals surface area contributed by atoms with Gasteiger partial charge in [-0.05, 0) is 30.7 Å². The molecule has 0 fully saturated rings. The van der Waals surface area contributed by atoms with Crippen LogP contribution in [0.3, 0.4) is 0 Å². The first-order valence-corrected chi connectivity index (χ1v) is 8.43. The van der Waals surface area contributed by atoms with Gasteiger partial charge in [-0.3, -0.25) is 4.57 Å². The summed E-state index contributed by atoms with van der Waals surface area (Å²) in [5.41, 5.74) is 3.25. The lowest BCUT2D eigenvalue weighted by Gasteiger charge is -2.09. The summed E-state index contributed by atoms with van der Waals surface area (Å²) in [6.45, 7) is 1.87. The molecule has 0 atom stereocenters. The van der Waals surface area contributed by atoms with Crippen molar-refractivity contribution in [3.05, 3.63) is 54.4 Å². The van der Waals surface area contributed by atoms with Gasteiger partial charge in [-0.25, -0.2) is 15.0 Å². The number of methoxy groups -OCH3 is 2. The largest absolute Gasteiger partial charge is 0.494 e. The second-order valence-electron chi connectivity index (χ2n) is 6.18. The van der Waals surface area contributed by atoms with Crippen LogP contribution in [0.1, 0.15) is 5.56 Å². The van der Waals surface area contributed by atoms with Gasteiger partial charge < -0.3 is 14.6 Å². The van der Waals surface area contributed by atoms with Crippen LogP contribution in [0.5, 0.6) is 17.5 Å². The van der Waals surface area contributed by atoms with E-state index in [4.69, 9.17) is 9.47 Å². The number of aryl methyl sites for hydroxylation is 1. The molecule has 0 aromatic carbocycles. The van der Waals surface area contributed by atoms with Crippen molar-refractivity contribution >= 4 is 10.9 Å². The lowest BCUT2D eigenvalue weighted by Crippen LogP contribution is -1.95. The fourth-order valence-corrected chi connectivity index (χ4v) is 3.14. The Kier molecular flexibility index (Phi) is 4.31. The summed E-state index contributed by atoms with van der Waals surface area (Å²) in [5.74, 6) is 0.235. The first-order chi connectivity index (χ1) is 13.5. The number of ether oxygens (including phenoxy) is 2. The van der Waals surface area contributed by atoms with Crippen LogP contribution in [0.25, 0.3) is 27.8 Å². The molecular formula is C20H17FN4O3. The summed E-state index contributed by atoms with van der Waals surface area (Å²) in [6.07, 6.45) is 4.64. The topological polar surface area (TPSA) is 82.3 Å². The van der Waals surface area contributed by atoms with Gasteiger partial charge in [0.05, 0.1) is 36.5 Å². The standard InChI is InChI=1S/C20H17FN4O3/c1-11-6-14(12-7-16(27-2)19(28-3)23-9-12)24-15-10-25(20(26)18(11)15)13-4-5-22-17(21)8-13/h4-10,26H,1-3H3. The molecule has 4 aromatic rings. The SMILES string of the molecule is COc1cc(-c2cc(C)c3c(O)n(-c4ccnc(F)c4)cc3n2)cnc1OC. The minimum absolute atomic E-state index is 0.0115. The fourth-order valence-electron chi connectivity index (χ4n) is 3.14. The van der Waals surface area contributed by atoms with Gasteiger partial charge >= 0.3 is 0 Å². The van der Waals surface area contributed by atoms with Gasteiger partial charge in [0, 0.05) is 30.2 Å². The van der Waals surface area contributed by atoms with E-state index < -0.39 is 5.95 Å². The predicted octanol–water partition coefficient (Wildman–Crippen LogP) is 3.65. The molecular weight excluding hydrogens is 363 g/mol. The van der Waals surface area contributed by atoms with E-state index in [-0.39, 0.29) is 5.88 Å². The third-order valence-electron chi connectivity index (χ3n) is 4.46. The molecule has 4 rings (SSSR count). The van der Waals surface area contributed by atoms with E-state index in [1.54, 1.807) is 24.5 Å². The highest BCUT2D eigenvalue weighted by Gasteiger charge is 2.16. The van der Waals surface area contributed by atoms with Crippen LogP contribution in [0, 0.1) is 12.9 Å². The molecule has 7 nitrogen and oxygen atoms in total. The molecule has 0 aliphatic rings. The summed E-state index contributed by atoms with van der Waals surface area (Å²) in [5, 5.41) is 11.2. The lowest BCUT2D eigenvalue weighted by molar-refractivity contribution is 0.343. The second-order valence-corrected chi connectivity index (χ2v) is 6.18. The molecule has 4 heterocycles. The van der Waals surface area contributed by atoms with Crippen molar-refractivity contribution in [2.24, 2.45) is 0 Å². The summed E-state index contributed by atoms with van der Waals surface area (Å²) in [6, 6.07) is 6.49. The van der Waals surface area contributed by atoms with E-state index in [9.17, 15) is 9.50 Å². The minimum atomic E-state index is -0.628. The van der Waals surface area contributed by atoms with Crippen LogP contribution >= 0.6 is 0 Å². The maximum absolute atomic E-state index is 13.5. The smallest absolute Gasteiger partial charge is 0.256 e. The summed E-state index contributed by atoms with van der Waals surface area (Å²) < 4.78 is 25.4. The van der Waals surface area contributed by atoms with E-state index in [1.165, 1.54) is 31.0 Å². The van der Waals surface area contributed by atoms with Crippen molar-refractivity contribution in [1.82, 2.24) is 19.5 Å². The Labute approximate surface area is 160 Å². The Hall–Kier alpha value is -3.68. The van der Waals surface area contributed by atoms with Crippen LogP contribution in [-0.4, -0.2) is 38.8 Å². The summed E-state index contributed by atoms with van der Waals surface area (Å²) in [4.78, 5) is 12.4. The van der Waals surface area contributed by atoms with E-state index in [0.29, 0.717) is 33.9 Å². The average Bonchev–Trinajstić information content (AvgIpc) is 3.04. The van der Waals surface area contributed by atoms with Crippen molar-refractivity contribution in [1.29, 1.82) is 0 Å². The van der Waals surface area contributed by atoms with Gasteiger partial charge in [0.15, 0.2) is 5.75 Å². The van der Waals surface area contributed by atoms with E-state index in [1.807, 2.05) is 13.0 Å². The molecule has 0 saturated heterocycles. The first-order valence-electron chi connectivity index (χ1n) is 8.43. The molecule has 0 aliphatic carbocycles. The number of nitrogens with zero attached hydrogens (tertiary/aromatic N) is 4. The Morgan fingerprint density at radius 3 is 2.64 bits per heavy atom. The van der Waals surface area contributed by atoms with Gasteiger partial charge in [0.2, 0.25) is 11.8 Å². The van der Waals surface area contributed by atoms with Crippen molar-refractivity contribution in [2.45, 2.75) is 6.92 Å². The number of fused-ring (bicyclic) bond motifs is 1. The zero-order valence-corrected chi connectivity index (χ0v) is 15.5. The highest BCUT2D eigenvalue weighted by Crippen LogP contribution is 2.35. The maximum Gasteiger partial charge on any atom is 0.256 e. The van der Waals surface area contributed by atoms with Crippen LogP contribution in [0.15, 0.2) is 42.9 Å². The molecule has 0 spiro atoms. The third kappa shape index (κ3) is 2.88. The molecule has 8 heteroatoms. The molecule has 0 amide bonds. The van der Waals surface area contributed by atoms with Gasteiger partial charge in [0.1, 0.15) is 0 Å². The third-order valence-corrected chi connectivity index (χ3v) is 4.46. The summed E-state index contributed by atoms with van der Waals surface area (Å²) in [7, 11) is 3.06. The van der Waals surface area contributed by atoms with Gasteiger partial charge in [-0.15, -0.1) is 0 Å². The van der Waals surface area contributed by atoms with E-state index in [0.717, 1.165) is 11.1 Å². The van der Waals surface area contributed by atoms with E-state index in [2.05, 4.69) is 15.0 Å². The van der Waals surface area contributed by atoms with Crippen molar-refractivity contribution < 1.29 is 19.0 Å². The quantitative estimate of drug-likeness (QED) is 0.544. The molecule has 4 aromatic heterocycles. The Morgan fingerprint density at radius 2 is 1.93 bits per heavy atom. The number of hydrogen-bond donors (Lipinski definition) is 1. The zero-order valence-electron chi connectivity index (χ0n) is 15.5. The fraction of sp³-hybridized carbons (Fsp3) is 0.150. The summed E-state index contributed by atoms with van der Waals surface area (Å²) >= 11 is 0. The van der Waals surface area contributed by atoms with Crippen LogP contribution in [-0.2, 0) is 0 Å². The Balaban J connectivity index is 1.87. The van der Waals surface area contributed by atoms with Crippen molar-refractivity contribution in [3.63, 3.8) is 0 Å². The van der Waals surface area contributed by atoms with Crippen LogP contribution in [0.4, 0.5) is 4.39 Å². The number of aromatic hydroxyl groups is 1. The number of pyridine rings is 3. The average molecular weight is 380 g/mol. The molecule has 0 radical (unpaired) electrons. The van der Waals surface area contributed by atoms with Crippen molar-refractivity contribution in [3.8, 4) is 34.5 Å². The highest BCUT2D eigenvalue weighted by atomic mass is 19.1. The second kappa shape index (κ2) is 6.80. The lowest BCUT2D eigenvalue weighted by atomic mass is 10.1. The number of rotatable bonds is 4. The number of halogens is 1. The molecule has 28 heavy (non-hydrogen) atoms. The number of hydrogen-bond acceptors (Lipinski definition) is 6. The normalized spacial score (nSPS) is 11.0. The van der Waals surface area contributed by atoms with Gasteiger partial charge in [-0.2, -0.15) is 4.39 Å². The zero-order chi connectivity index (χ0) is 19.8. The van der Waals surface area contributed by atoms with Crippen molar-refractivity contribution in [2.75, 3.05) is 14.2 Å². The molecule has 142 valence electrons. The van der Waals surface area contributed by atoms with Crippen LogP contribution in [0.2, 0.25) is 0 Å². The first kappa shape index (κ1) is 17.7. The van der Waals surface area contributed by atoms with E-state index >= 15 is 0 Å². The Morgan fingerprint density at radius 1 is 1.11 bits per heavy atom.